The summed E-state index contributed by atoms with van der Waals surface area (Å²) < 4.78 is 5.31. The first-order valence-electron chi connectivity index (χ1n) is 8.54. The summed E-state index contributed by atoms with van der Waals surface area (Å²) in [6.45, 7) is 0.681. The molecule has 0 unspecified atom stereocenters. The van der Waals surface area contributed by atoms with E-state index in [-0.39, 0.29) is 18.9 Å². The zero-order valence-electron chi connectivity index (χ0n) is 14.7. The minimum Gasteiger partial charge on any atom is -0.495 e. The molecule has 0 spiro atoms. The molecule has 1 aliphatic heterocycles. The number of aliphatic hydroxyl groups excluding tert-OH is 1. The van der Waals surface area contributed by atoms with E-state index in [4.69, 9.17) is 4.74 Å². The van der Waals surface area contributed by atoms with Crippen LogP contribution in [0.15, 0.2) is 54.6 Å². The number of benzene rings is 2. The smallest absolute Gasteiger partial charge is 0.252 e. The summed E-state index contributed by atoms with van der Waals surface area (Å²) in [5.74, 6) is 0.00706. The Hall–Kier alpha value is -2.86. The van der Waals surface area contributed by atoms with Gasteiger partial charge in [-0.25, -0.2) is 0 Å². The average Bonchev–Trinajstić information content (AvgIpc) is 2.68. The maximum Gasteiger partial charge on any atom is 0.252 e. The predicted octanol–water partition coefficient (Wildman–Crippen LogP) is 1.47. The van der Waals surface area contributed by atoms with E-state index in [1.807, 2.05) is 48.5 Å². The largest absolute Gasteiger partial charge is 0.495 e. The number of nitrogens with zero attached hydrogens (tertiary/aromatic N) is 2. The van der Waals surface area contributed by atoms with Gasteiger partial charge in [-0.15, -0.1) is 0 Å². The predicted molar refractivity (Wildman–Crippen MR) is 98.1 cm³/mol. The third-order valence-electron chi connectivity index (χ3n) is 4.47. The molecule has 0 radical (unpaired) electrons. The van der Waals surface area contributed by atoms with Crippen molar-refractivity contribution in [2.75, 3.05) is 31.6 Å². The molecule has 6 heteroatoms. The number of methoxy groups -OCH3 is 1. The molecule has 1 fully saturated rings. The van der Waals surface area contributed by atoms with Gasteiger partial charge in [-0.2, -0.15) is 0 Å². The maximum absolute atomic E-state index is 12.6. The van der Waals surface area contributed by atoms with Gasteiger partial charge in [-0.1, -0.05) is 42.5 Å². The van der Waals surface area contributed by atoms with Gasteiger partial charge >= 0.3 is 0 Å². The van der Waals surface area contributed by atoms with Crippen molar-refractivity contribution in [3.05, 3.63) is 60.2 Å². The van der Waals surface area contributed by atoms with Gasteiger partial charge in [0.15, 0.2) is 0 Å². The molecule has 0 aromatic heterocycles. The molecule has 0 bridgehead atoms. The summed E-state index contributed by atoms with van der Waals surface area (Å²) in [7, 11) is 1.56. The van der Waals surface area contributed by atoms with Gasteiger partial charge in [0.1, 0.15) is 18.4 Å². The van der Waals surface area contributed by atoms with Crippen molar-refractivity contribution < 1.29 is 19.4 Å². The zero-order chi connectivity index (χ0) is 18.5. The first kappa shape index (κ1) is 17.9. The first-order valence-corrected chi connectivity index (χ1v) is 8.54. The Morgan fingerprint density at radius 2 is 1.81 bits per heavy atom. The lowest BCUT2D eigenvalue weighted by Crippen LogP contribution is -2.54. The zero-order valence-corrected chi connectivity index (χ0v) is 14.7. The van der Waals surface area contributed by atoms with E-state index < -0.39 is 12.0 Å². The number of hydrogen-bond donors (Lipinski definition) is 1. The summed E-state index contributed by atoms with van der Waals surface area (Å²) in [4.78, 5) is 28.1. The topological polar surface area (TPSA) is 70.1 Å². The molecule has 1 atom stereocenters. The highest BCUT2D eigenvalue weighted by Crippen LogP contribution is 2.28. The molecule has 1 aliphatic rings. The van der Waals surface area contributed by atoms with Gasteiger partial charge in [0.2, 0.25) is 5.91 Å². The van der Waals surface area contributed by atoms with Crippen molar-refractivity contribution in [1.82, 2.24) is 4.90 Å². The summed E-state index contributed by atoms with van der Waals surface area (Å²) in [6, 6.07) is 16.6. The van der Waals surface area contributed by atoms with Crippen molar-refractivity contribution in [1.29, 1.82) is 0 Å². The van der Waals surface area contributed by atoms with E-state index in [0.717, 1.165) is 5.56 Å². The molecule has 2 aromatic carbocycles. The lowest BCUT2D eigenvalue weighted by molar-refractivity contribution is -0.144. The van der Waals surface area contributed by atoms with Gasteiger partial charge < -0.3 is 19.6 Å². The third-order valence-corrected chi connectivity index (χ3v) is 4.47. The lowest BCUT2D eigenvalue weighted by atomic mass is 10.1. The summed E-state index contributed by atoms with van der Waals surface area (Å²) >= 11 is 0. The van der Waals surface area contributed by atoms with Crippen LogP contribution >= 0.6 is 0 Å². The average molecular weight is 354 g/mol. The lowest BCUT2D eigenvalue weighted by Gasteiger charge is -2.35. The number of amides is 2. The van der Waals surface area contributed by atoms with Crippen LogP contribution in [0.3, 0.4) is 0 Å². The molecule has 1 N–H and O–H groups in total. The van der Waals surface area contributed by atoms with Crippen LogP contribution in [-0.4, -0.2) is 54.7 Å². The van der Waals surface area contributed by atoms with Crippen LogP contribution in [0.5, 0.6) is 5.75 Å². The first-order chi connectivity index (χ1) is 12.6. The van der Waals surface area contributed by atoms with Crippen LogP contribution in [0.25, 0.3) is 0 Å². The summed E-state index contributed by atoms with van der Waals surface area (Å²) in [5, 5.41) is 10.2. The van der Waals surface area contributed by atoms with E-state index in [0.29, 0.717) is 24.5 Å². The van der Waals surface area contributed by atoms with Gasteiger partial charge in [-0.05, 0) is 17.7 Å². The second-order valence-electron chi connectivity index (χ2n) is 6.18. The molecule has 0 aliphatic carbocycles. The Balaban J connectivity index is 1.64. The van der Waals surface area contributed by atoms with E-state index in [1.54, 1.807) is 18.1 Å². The second kappa shape index (κ2) is 8.01. The maximum atomic E-state index is 12.6. The standard InChI is InChI=1S/C20H22N2O4/c1-26-18-10-6-5-9-16(18)22-12-11-21(14-19(22)24)20(25)17(23)13-15-7-3-2-4-8-15/h2-10,17,23H,11-14H2,1H3/t17-/m0/s1. The Morgan fingerprint density at radius 3 is 2.50 bits per heavy atom. The summed E-state index contributed by atoms with van der Waals surface area (Å²) in [6.07, 6.45) is -0.913. The molecule has 26 heavy (non-hydrogen) atoms. The number of carbonyl (C=O) groups is 2. The number of ether oxygens (including phenoxy) is 1. The molecule has 1 heterocycles. The normalized spacial score (nSPS) is 15.7. The number of rotatable bonds is 5. The Kier molecular flexibility index (Phi) is 5.53. The number of para-hydroxylation sites is 2. The number of aliphatic hydroxyl groups is 1. The van der Waals surface area contributed by atoms with Crippen LogP contribution in [0, 0.1) is 0 Å². The quantitative estimate of drug-likeness (QED) is 0.883. The van der Waals surface area contributed by atoms with Crippen LogP contribution in [0.2, 0.25) is 0 Å². The van der Waals surface area contributed by atoms with E-state index in [9.17, 15) is 14.7 Å². The Bertz CT molecular complexity index is 778. The van der Waals surface area contributed by atoms with Gasteiger partial charge in [0.05, 0.1) is 12.8 Å². The van der Waals surface area contributed by atoms with Gasteiger partial charge in [-0.3, -0.25) is 9.59 Å². The number of piperazine rings is 1. The number of hydrogen-bond acceptors (Lipinski definition) is 4. The van der Waals surface area contributed by atoms with Gasteiger partial charge in [0, 0.05) is 19.5 Å². The van der Waals surface area contributed by atoms with Crippen LogP contribution in [0.4, 0.5) is 5.69 Å². The molecule has 3 rings (SSSR count). The van der Waals surface area contributed by atoms with E-state index in [2.05, 4.69) is 0 Å². The molecule has 1 saturated heterocycles. The molecule has 6 nitrogen and oxygen atoms in total. The molecule has 2 amide bonds. The van der Waals surface area contributed by atoms with Crippen molar-refractivity contribution in [2.24, 2.45) is 0 Å². The minimum absolute atomic E-state index is 0.0528. The minimum atomic E-state index is -1.15. The fraction of sp³-hybridized carbons (Fsp3) is 0.300. The van der Waals surface area contributed by atoms with Crippen LogP contribution in [0.1, 0.15) is 5.56 Å². The highest BCUT2D eigenvalue weighted by atomic mass is 16.5. The van der Waals surface area contributed by atoms with Crippen LogP contribution in [-0.2, 0) is 16.0 Å². The van der Waals surface area contributed by atoms with Crippen LogP contribution < -0.4 is 9.64 Å². The van der Waals surface area contributed by atoms with Crippen molar-refractivity contribution in [3.8, 4) is 5.75 Å². The fourth-order valence-corrected chi connectivity index (χ4v) is 3.10. The van der Waals surface area contributed by atoms with Crippen molar-refractivity contribution in [2.45, 2.75) is 12.5 Å². The van der Waals surface area contributed by atoms with Crippen molar-refractivity contribution >= 4 is 17.5 Å². The molecule has 0 saturated carbocycles. The van der Waals surface area contributed by atoms with Crippen molar-refractivity contribution in [3.63, 3.8) is 0 Å². The third kappa shape index (κ3) is 3.86. The Labute approximate surface area is 152 Å². The highest BCUT2D eigenvalue weighted by molar-refractivity contribution is 5.99. The number of carbonyl (C=O) groups excluding carboxylic acids is 2. The molecule has 2 aromatic rings. The molecular formula is C20H22N2O4. The highest BCUT2D eigenvalue weighted by Gasteiger charge is 2.32. The van der Waals surface area contributed by atoms with E-state index in [1.165, 1.54) is 4.90 Å². The SMILES string of the molecule is COc1ccccc1N1CCN(C(=O)[C@@H](O)Cc2ccccc2)CC1=O. The molecule has 136 valence electrons. The van der Waals surface area contributed by atoms with Gasteiger partial charge in [0.25, 0.3) is 5.91 Å². The Morgan fingerprint density at radius 1 is 1.12 bits per heavy atom. The monoisotopic (exact) mass is 354 g/mol. The fourth-order valence-electron chi connectivity index (χ4n) is 3.10. The molecular weight excluding hydrogens is 332 g/mol. The number of anilines is 1. The second-order valence-corrected chi connectivity index (χ2v) is 6.18. The summed E-state index contributed by atoms with van der Waals surface area (Å²) in [5.41, 5.74) is 1.57. The van der Waals surface area contributed by atoms with E-state index >= 15 is 0 Å².